The van der Waals surface area contributed by atoms with Crippen LogP contribution in [0, 0.1) is 5.39 Å². The maximum Gasteiger partial charge on any atom is 0.473 e. The van der Waals surface area contributed by atoms with Crippen molar-refractivity contribution in [3.63, 3.8) is 0 Å². The molecule has 0 amide bonds. The normalized spacial score (nSPS) is 12.5. The van der Waals surface area contributed by atoms with E-state index in [-0.39, 0.29) is 5.70 Å². The van der Waals surface area contributed by atoms with Crippen LogP contribution in [0.25, 0.3) is 21.6 Å². The highest BCUT2D eigenvalue weighted by atomic mass is 16.6. The summed E-state index contributed by atoms with van der Waals surface area (Å²) >= 11 is 0. The highest BCUT2D eigenvalue weighted by molar-refractivity contribution is 5.99. The Labute approximate surface area is 133 Å². The number of hydrogen-bond donors (Lipinski definition) is 1. The van der Waals surface area contributed by atoms with Gasteiger partial charge in [-0.1, -0.05) is 18.2 Å². The van der Waals surface area contributed by atoms with Gasteiger partial charge in [0.05, 0.1) is 12.6 Å². The Morgan fingerprint density at radius 2 is 1.96 bits per heavy atom. The van der Waals surface area contributed by atoms with Gasteiger partial charge in [0.2, 0.25) is 5.39 Å². The number of aliphatic hydroxyl groups is 1. The molecular weight excluding hydrogens is 298 g/mol. The van der Waals surface area contributed by atoms with Crippen LogP contribution in [0.1, 0.15) is 26.3 Å². The van der Waals surface area contributed by atoms with Gasteiger partial charge in [-0.2, -0.15) is 0 Å². The molecule has 0 spiro atoms. The number of para-hydroxylation sites is 1. The number of methoxy groups -OCH3 is 1. The molecule has 0 fully saturated rings. The Kier molecular flexibility index (Phi) is 4.27. The third-order valence-electron chi connectivity index (χ3n) is 3.05. The standard InChI is InChI=1S/C16H17N3O4/c1-16(2,3)23-15(21)19-9-11(13(18-17)14(20)22-4)10-7-5-6-8-12(10)19/h5-9H,1-4H3/p+1/b14-13-. The molecule has 23 heavy (non-hydrogen) atoms. The SMILES string of the molecule is CO/C(O)=C(\[N+]#N)c1cn(C(=O)OC(C)(C)C)c2ccccc12. The Balaban J connectivity index is 2.67. The summed E-state index contributed by atoms with van der Waals surface area (Å²) in [6.07, 6.45) is 0.859. The minimum Gasteiger partial charge on any atom is -0.475 e. The third kappa shape index (κ3) is 3.26. The van der Waals surface area contributed by atoms with Crippen LogP contribution in [-0.4, -0.2) is 28.5 Å². The van der Waals surface area contributed by atoms with Gasteiger partial charge in [-0.3, -0.25) is 4.57 Å². The second kappa shape index (κ2) is 6.01. The Morgan fingerprint density at radius 3 is 2.52 bits per heavy atom. The maximum atomic E-state index is 12.4. The summed E-state index contributed by atoms with van der Waals surface area (Å²) in [5.74, 6) is -0.556. The van der Waals surface area contributed by atoms with Crippen molar-refractivity contribution in [1.82, 2.24) is 4.57 Å². The summed E-state index contributed by atoms with van der Waals surface area (Å²) in [5, 5.41) is 19.5. The number of rotatable bonds is 2. The molecule has 0 aliphatic heterocycles. The van der Waals surface area contributed by atoms with E-state index < -0.39 is 17.6 Å². The van der Waals surface area contributed by atoms with Crippen LogP contribution < -0.4 is 0 Å². The Morgan fingerprint density at radius 1 is 1.30 bits per heavy atom. The minimum absolute atomic E-state index is 0.175. The summed E-state index contributed by atoms with van der Waals surface area (Å²) in [4.78, 5) is 15.4. The van der Waals surface area contributed by atoms with E-state index in [4.69, 9.17) is 9.47 Å². The van der Waals surface area contributed by atoms with Gasteiger partial charge in [-0.15, -0.1) is 0 Å². The van der Waals surface area contributed by atoms with Crippen molar-refractivity contribution in [3.8, 4) is 0 Å². The second-order valence-electron chi connectivity index (χ2n) is 5.87. The third-order valence-corrected chi connectivity index (χ3v) is 3.05. The lowest BCUT2D eigenvalue weighted by Gasteiger charge is -2.19. The zero-order chi connectivity index (χ0) is 17.2. The molecule has 1 aromatic heterocycles. The van der Waals surface area contributed by atoms with Crippen molar-refractivity contribution >= 4 is 22.7 Å². The van der Waals surface area contributed by atoms with Gasteiger partial charge in [0.25, 0.3) is 0 Å². The first-order chi connectivity index (χ1) is 10.8. The quantitative estimate of drug-likeness (QED) is 0.665. The Hall–Kier alpha value is -3.01. The first-order valence-corrected chi connectivity index (χ1v) is 6.94. The highest BCUT2D eigenvalue weighted by Crippen LogP contribution is 2.30. The van der Waals surface area contributed by atoms with Crippen molar-refractivity contribution in [2.24, 2.45) is 0 Å². The van der Waals surface area contributed by atoms with E-state index in [1.54, 1.807) is 45.0 Å². The summed E-state index contributed by atoms with van der Waals surface area (Å²) < 4.78 is 11.4. The number of aromatic nitrogens is 1. The highest BCUT2D eigenvalue weighted by Gasteiger charge is 2.30. The summed E-state index contributed by atoms with van der Waals surface area (Å²) in [6.45, 7) is 5.30. The monoisotopic (exact) mass is 316 g/mol. The number of carbonyl (C=O) groups is 1. The van der Waals surface area contributed by atoms with E-state index in [0.29, 0.717) is 16.5 Å². The van der Waals surface area contributed by atoms with Crippen LogP contribution in [0.4, 0.5) is 4.79 Å². The van der Waals surface area contributed by atoms with Crippen molar-refractivity contribution < 1.29 is 19.4 Å². The first-order valence-electron chi connectivity index (χ1n) is 6.94. The molecule has 1 N–H and O–H groups in total. The first kappa shape index (κ1) is 16.4. The Bertz CT molecular complexity index is 822. The fraction of sp³-hybridized carbons (Fsp3) is 0.312. The molecular formula is C16H18N3O4+. The molecule has 7 heteroatoms. The molecule has 0 saturated heterocycles. The molecule has 1 aromatic carbocycles. The molecule has 0 atom stereocenters. The van der Waals surface area contributed by atoms with Crippen LogP contribution in [0.5, 0.6) is 0 Å². The van der Waals surface area contributed by atoms with Gasteiger partial charge >= 0.3 is 17.7 Å². The molecule has 0 aliphatic carbocycles. The predicted molar refractivity (Wildman–Crippen MR) is 85.2 cm³/mol. The van der Waals surface area contributed by atoms with E-state index in [2.05, 4.69) is 4.98 Å². The lowest BCUT2D eigenvalue weighted by atomic mass is 10.1. The number of hydrogen-bond acceptors (Lipinski definition) is 5. The fourth-order valence-electron chi connectivity index (χ4n) is 2.14. The van der Waals surface area contributed by atoms with Crippen molar-refractivity contribution in [3.05, 3.63) is 46.9 Å². The average molecular weight is 316 g/mol. The maximum absolute atomic E-state index is 12.4. The number of aliphatic hydroxyl groups excluding tert-OH is 1. The second-order valence-corrected chi connectivity index (χ2v) is 5.87. The number of benzene rings is 1. The number of fused-ring (bicyclic) bond motifs is 1. The largest absolute Gasteiger partial charge is 0.475 e. The van der Waals surface area contributed by atoms with Gasteiger partial charge < -0.3 is 14.6 Å². The molecule has 0 bridgehead atoms. The van der Waals surface area contributed by atoms with Gasteiger partial charge in [0.15, 0.2) is 4.98 Å². The lowest BCUT2D eigenvalue weighted by Crippen LogP contribution is -2.26. The molecule has 1 heterocycles. The lowest BCUT2D eigenvalue weighted by molar-refractivity contribution is 0.0544. The molecule has 0 aliphatic rings. The van der Waals surface area contributed by atoms with Crippen molar-refractivity contribution in [2.45, 2.75) is 26.4 Å². The van der Waals surface area contributed by atoms with Crippen LogP contribution in [0.3, 0.4) is 0 Å². The average Bonchev–Trinajstić information content (AvgIpc) is 2.86. The minimum atomic E-state index is -0.655. The zero-order valence-corrected chi connectivity index (χ0v) is 13.4. The van der Waals surface area contributed by atoms with E-state index in [1.807, 2.05) is 0 Å². The van der Waals surface area contributed by atoms with Gasteiger partial charge in [0, 0.05) is 11.6 Å². The number of nitrogens with zero attached hydrogens (tertiary/aromatic N) is 3. The van der Waals surface area contributed by atoms with Gasteiger partial charge in [-0.05, 0) is 26.8 Å². The van der Waals surface area contributed by atoms with Crippen LogP contribution >= 0.6 is 0 Å². The zero-order valence-electron chi connectivity index (χ0n) is 13.4. The smallest absolute Gasteiger partial charge is 0.473 e. The summed E-state index contributed by atoms with van der Waals surface area (Å²) in [7, 11) is 1.24. The van der Waals surface area contributed by atoms with Crippen molar-refractivity contribution in [2.75, 3.05) is 7.11 Å². The van der Waals surface area contributed by atoms with Crippen LogP contribution in [0.15, 0.2) is 36.4 Å². The van der Waals surface area contributed by atoms with Crippen molar-refractivity contribution in [1.29, 1.82) is 5.39 Å². The summed E-state index contributed by atoms with van der Waals surface area (Å²) in [6, 6.07) is 6.99. The van der Waals surface area contributed by atoms with Crippen LogP contribution in [-0.2, 0) is 9.47 Å². The molecule has 0 unspecified atom stereocenters. The van der Waals surface area contributed by atoms with E-state index in [1.165, 1.54) is 17.9 Å². The number of ether oxygens (including phenoxy) is 2. The van der Waals surface area contributed by atoms with E-state index in [9.17, 15) is 15.3 Å². The molecule has 120 valence electrons. The fourth-order valence-corrected chi connectivity index (χ4v) is 2.14. The van der Waals surface area contributed by atoms with Crippen LogP contribution in [0.2, 0.25) is 0 Å². The molecule has 2 aromatic rings. The van der Waals surface area contributed by atoms with Gasteiger partial charge in [0.1, 0.15) is 11.2 Å². The molecule has 0 radical (unpaired) electrons. The predicted octanol–water partition coefficient (Wildman–Crippen LogP) is 4.11. The molecule has 2 rings (SSSR count). The molecule has 0 saturated carbocycles. The summed E-state index contributed by atoms with van der Waals surface area (Å²) in [5.41, 5.74) is 0.0678. The topological polar surface area (TPSA) is 88.8 Å². The number of diazo groups is 1. The number of carbonyl (C=O) groups excluding carboxylic acids is 1. The molecule has 7 nitrogen and oxygen atoms in total. The van der Waals surface area contributed by atoms with Gasteiger partial charge in [-0.25, -0.2) is 4.79 Å². The van der Waals surface area contributed by atoms with E-state index in [0.717, 1.165) is 0 Å². The van der Waals surface area contributed by atoms with E-state index >= 15 is 0 Å².